The summed E-state index contributed by atoms with van der Waals surface area (Å²) in [6.07, 6.45) is 0.956. The quantitative estimate of drug-likeness (QED) is 0.757. The van der Waals surface area contributed by atoms with Gasteiger partial charge in [0.25, 0.3) is 0 Å². The van der Waals surface area contributed by atoms with Gasteiger partial charge in [-0.1, -0.05) is 0 Å². The Kier molecular flexibility index (Phi) is 3.57. The van der Waals surface area contributed by atoms with Crippen molar-refractivity contribution in [2.24, 2.45) is 5.41 Å². The molecule has 3 fully saturated rings. The lowest BCUT2D eigenvalue weighted by atomic mass is 9.81. The highest BCUT2D eigenvalue weighted by molar-refractivity contribution is 4.85. The van der Waals surface area contributed by atoms with E-state index in [0.717, 1.165) is 12.8 Å². The van der Waals surface area contributed by atoms with E-state index in [0.29, 0.717) is 20.0 Å². The van der Waals surface area contributed by atoms with E-state index in [1.54, 1.807) is 0 Å². The maximum atomic E-state index is 5.51. The molecule has 0 aromatic rings. The molecule has 3 aliphatic rings. The van der Waals surface area contributed by atoms with Gasteiger partial charge in [-0.3, -0.25) is 0 Å². The summed E-state index contributed by atoms with van der Waals surface area (Å²) in [6.45, 7) is 5.38. The SMILES string of the molecule is CC1OC(CC2(CC3OC(C)O3)COCOC2)O1. The molecular formula is C12H20O6. The fourth-order valence-electron chi connectivity index (χ4n) is 2.71. The highest BCUT2D eigenvalue weighted by Gasteiger charge is 2.45. The van der Waals surface area contributed by atoms with Crippen molar-refractivity contribution in [3.63, 3.8) is 0 Å². The monoisotopic (exact) mass is 260 g/mol. The van der Waals surface area contributed by atoms with Crippen molar-refractivity contribution in [1.29, 1.82) is 0 Å². The van der Waals surface area contributed by atoms with Crippen molar-refractivity contribution >= 4 is 0 Å². The van der Waals surface area contributed by atoms with Crippen LogP contribution in [0.25, 0.3) is 0 Å². The van der Waals surface area contributed by atoms with Crippen molar-refractivity contribution in [1.82, 2.24) is 0 Å². The molecule has 6 heteroatoms. The minimum Gasteiger partial charge on any atom is -0.355 e. The van der Waals surface area contributed by atoms with Crippen LogP contribution in [0.1, 0.15) is 26.7 Å². The van der Waals surface area contributed by atoms with E-state index < -0.39 is 0 Å². The van der Waals surface area contributed by atoms with Crippen molar-refractivity contribution in [2.75, 3.05) is 20.0 Å². The smallest absolute Gasteiger partial charge is 0.164 e. The van der Waals surface area contributed by atoms with Crippen molar-refractivity contribution < 1.29 is 28.4 Å². The summed E-state index contributed by atoms with van der Waals surface area (Å²) in [5.41, 5.74) is -0.145. The molecule has 0 aromatic heterocycles. The largest absolute Gasteiger partial charge is 0.355 e. The lowest BCUT2D eigenvalue weighted by Crippen LogP contribution is -2.51. The van der Waals surface area contributed by atoms with E-state index in [4.69, 9.17) is 28.4 Å². The second-order valence-electron chi connectivity index (χ2n) is 5.26. The molecule has 0 atom stereocenters. The fraction of sp³-hybridized carbons (Fsp3) is 1.00. The normalized spacial score (nSPS) is 43.0. The van der Waals surface area contributed by atoms with Crippen LogP contribution in [0.15, 0.2) is 0 Å². The van der Waals surface area contributed by atoms with Gasteiger partial charge in [0, 0.05) is 18.3 Å². The molecule has 0 aromatic carbocycles. The molecule has 0 N–H and O–H groups in total. The summed E-state index contributed by atoms with van der Waals surface area (Å²) in [5, 5.41) is 0. The Morgan fingerprint density at radius 1 is 0.833 bits per heavy atom. The fourth-order valence-corrected chi connectivity index (χ4v) is 2.71. The first-order valence-corrected chi connectivity index (χ1v) is 6.43. The van der Waals surface area contributed by atoms with E-state index >= 15 is 0 Å². The van der Waals surface area contributed by atoms with E-state index in [9.17, 15) is 0 Å². The lowest BCUT2D eigenvalue weighted by molar-refractivity contribution is -0.403. The zero-order chi connectivity index (χ0) is 12.6. The summed E-state index contributed by atoms with van der Waals surface area (Å²) in [5.74, 6) is 0. The van der Waals surface area contributed by atoms with Crippen LogP contribution in [0, 0.1) is 5.41 Å². The van der Waals surface area contributed by atoms with Gasteiger partial charge in [0.2, 0.25) is 0 Å². The average molecular weight is 260 g/mol. The van der Waals surface area contributed by atoms with E-state index in [1.165, 1.54) is 0 Å². The molecule has 3 aliphatic heterocycles. The first kappa shape index (κ1) is 12.8. The minimum atomic E-state index is -0.164. The standard InChI is InChI=1S/C12H20O6/c1-8-15-10(16-8)3-12(5-13-7-14-6-12)4-11-17-9(2)18-11/h8-11H,3-7H2,1-2H3. The second-order valence-corrected chi connectivity index (χ2v) is 5.26. The molecule has 6 nitrogen and oxygen atoms in total. The van der Waals surface area contributed by atoms with Crippen LogP contribution >= 0.6 is 0 Å². The molecule has 3 rings (SSSR count). The van der Waals surface area contributed by atoms with Gasteiger partial charge in [0.05, 0.1) is 13.2 Å². The summed E-state index contributed by atoms with van der Waals surface area (Å²) < 4.78 is 32.9. The van der Waals surface area contributed by atoms with Crippen LogP contribution < -0.4 is 0 Å². The first-order valence-electron chi connectivity index (χ1n) is 6.43. The molecule has 0 radical (unpaired) electrons. The number of rotatable bonds is 4. The molecule has 0 spiro atoms. The Morgan fingerprint density at radius 2 is 1.28 bits per heavy atom. The maximum absolute atomic E-state index is 5.51. The van der Waals surface area contributed by atoms with Crippen molar-refractivity contribution in [3.05, 3.63) is 0 Å². The molecular weight excluding hydrogens is 240 g/mol. The van der Waals surface area contributed by atoms with Gasteiger partial charge in [-0.2, -0.15) is 0 Å². The lowest BCUT2D eigenvalue weighted by Gasteiger charge is -2.46. The highest BCUT2D eigenvalue weighted by atomic mass is 16.9. The Hall–Kier alpha value is -0.240. The summed E-state index contributed by atoms with van der Waals surface area (Å²) in [6, 6.07) is 0. The second kappa shape index (κ2) is 5.03. The third-order valence-corrected chi connectivity index (χ3v) is 3.56. The molecule has 0 bridgehead atoms. The molecule has 3 heterocycles. The predicted octanol–water partition coefficient (Wildman–Crippen LogP) is 1.20. The van der Waals surface area contributed by atoms with Gasteiger partial charge in [0.15, 0.2) is 25.2 Å². The van der Waals surface area contributed by atoms with Gasteiger partial charge >= 0.3 is 0 Å². The molecule has 104 valence electrons. The van der Waals surface area contributed by atoms with E-state index in [-0.39, 0.29) is 30.6 Å². The van der Waals surface area contributed by atoms with Gasteiger partial charge in [-0.05, 0) is 13.8 Å². The van der Waals surface area contributed by atoms with Crippen LogP contribution in [-0.4, -0.2) is 45.2 Å². The Bertz CT molecular complexity index is 256. The van der Waals surface area contributed by atoms with E-state index in [2.05, 4.69) is 0 Å². The molecule has 0 saturated carbocycles. The van der Waals surface area contributed by atoms with Gasteiger partial charge < -0.3 is 28.4 Å². The topological polar surface area (TPSA) is 55.4 Å². The number of hydrogen-bond donors (Lipinski definition) is 0. The molecule has 0 unspecified atom stereocenters. The number of hydrogen-bond acceptors (Lipinski definition) is 6. The summed E-state index contributed by atoms with van der Waals surface area (Å²) >= 11 is 0. The third-order valence-electron chi connectivity index (χ3n) is 3.56. The average Bonchev–Trinajstić information content (AvgIpc) is 2.26. The Balaban J connectivity index is 1.56. The van der Waals surface area contributed by atoms with Crippen molar-refractivity contribution in [2.45, 2.75) is 51.8 Å². The van der Waals surface area contributed by atoms with Crippen LogP contribution in [0.2, 0.25) is 0 Å². The predicted molar refractivity (Wildman–Crippen MR) is 59.3 cm³/mol. The third kappa shape index (κ3) is 2.68. The molecule has 0 amide bonds. The zero-order valence-corrected chi connectivity index (χ0v) is 10.8. The van der Waals surface area contributed by atoms with Crippen LogP contribution in [0.3, 0.4) is 0 Å². The zero-order valence-electron chi connectivity index (χ0n) is 10.8. The summed E-state index contributed by atoms with van der Waals surface area (Å²) in [7, 11) is 0. The first-order chi connectivity index (χ1) is 8.65. The van der Waals surface area contributed by atoms with Crippen molar-refractivity contribution in [3.8, 4) is 0 Å². The minimum absolute atomic E-state index is 0.103. The molecule has 18 heavy (non-hydrogen) atoms. The summed E-state index contributed by atoms with van der Waals surface area (Å²) in [4.78, 5) is 0. The number of ether oxygens (including phenoxy) is 6. The van der Waals surface area contributed by atoms with Gasteiger partial charge in [-0.15, -0.1) is 0 Å². The maximum Gasteiger partial charge on any atom is 0.164 e. The van der Waals surface area contributed by atoms with E-state index in [1.807, 2.05) is 13.8 Å². The van der Waals surface area contributed by atoms with Crippen LogP contribution in [-0.2, 0) is 28.4 Å². The van der Waals surface area contributed by atoms with Crippen LogP contribution in [0.5, 0.6) is 0 Å². The highest BCUT2D eigenvalue weighted by Crippen LogP contribution is 2.39. The molecule has 3 saturated heterocycles. The Labute approximate surface area is 106 Å². The van der Waals surface area contributed by atoms with Crippen LogP contribution in [0.4, 0.5) is 0 Å². The Morgan fingerprint density at radius 3 is 1.67 bits per heavy atom. The van der Waals surface area contributed by atoms with Gasteiger partial charge in [-0.25, -0.2) is 0 Å². The molecule has 0 aliphatic carbocycles. The van der Waals surface area contributed by atoms with Gasteiger partial charge in [0.1, 0.15) is 6.79 Å².